The van der Waals surface area contributed by atoms with Crippen LogP contribution in [0.15, 0.2) is 12.2 Å². The maximum atomic E-state index is 11.7. The average molecular weight is 212 g/mol. The van der Waals surface area contributed by atoms with E-state index in [-0.39, 0.29) is 12.2 Å². The quantitative estimate of drug-likeness (QED) is 0.386. The summed E-state index contributed by atoms with van der Waals surface area (Å²) in [5.41, 5.74) is -0.451. The lowest BCUT2D eigenvalue weighted by atomic mass is 9.82. The molecule has 15 heavy (non-hydrogen) atoms. The maximum Gasteiger partial charge on any atom is 0.313 e. The Morgan fingerprint density at radius 1 is 1.33 bits per heavy atom. The molecule has 0 aromatic heterocycles. The Morgan fingerprint density at radius 3 is 2.40 bits per heavy atom. The van der Waals surface area contributed by atoms with Gasteiger partial charge in [-0.05, 0) is 19.8 Å². The van der Waals surface area contributed by atoms with E-state index in [9.17, 15) is 9.59 Å². The zero-order valence-corrected chi connectivity index (χ0v) is 10.0. The van der Waals surface area contributed by atoms with E-state index in [1.807, 2.05) is 32.9 Å². The van der Waals surface area contributed by atoms with Gasteiger partial charge in [-0.15, -0.1) is 0 Å². The molecule has 0 unspecified atom stereocenters. The molecule has 0 N–H and O–H groups in total. The van der Waals surface area contributed by atoms with E-state index in [4.69, 9.17) is 0 Å². The van der Waals surface area contributed by atoms with Crippen molar-refractivity contribution in [3.05, 3.63) is 12.2 Å². The predicted octanol–water partition coefficient (Wildman–Crippen LogP) is 2.50. The van der Waals surface area contributed by atoms with Crippen LogP contribution in [0.25, 0.3) is 0 Å². The summed E-state index contributed by atoms with van der Waals surface area (Å²) in [4.78, 5) is 22.6. The number of carbonyl (C=O) groups is 2. The zero-order chi connectivity index (χ0) is 11.9. The number of Topliss-reactive ketones (excluding diaryl/α,β-unsaturated/α-hetero) is 1. The number of carbonyl (C=O) groups excluding carboxylic acids is 2. The SMILES string of the molecule is C/C=C/CCC(C)(C)C(=O)CC(=O)OC. The Bertz CT molecular complexity index is 252. The van der Waals surface area contributed by atoms with Crippen molar-refractivity contribution in [3.63, 3.8) is 0 Å². The summed E-state index contributed by atoms with van der Waals surface area (Å²) in [6, 6.07) is 0. The van der Waals surface area contributed by atoms with Crippen LogP contribution in [0, 0.1) is 5.41 Å². The smallest absolute Gasteiger partial charge is 0.313 e. The van der Waals surface area contributed by atoms with Crippen molar-refractivity contribution in [2.24, 2.45) is 5.41 Å². The van der Waals surface area contributed by atoms with Crippen LogP contribution in [-0.4, -0.2) is 18.9 Å². The Balaban J connectivity index is 4.19. The molecule has 3 nitrogen and oxygen atoms in total. The molecule has 0 aliphatic heterocycles. The van der Waals surface area contributed by atoms with Crippen molar-refractivity contribution in [3.8, 4) is 0 Å². The van der Waals surface area contributed by atoms with Crippen LogP contribution in [0.2, 0.25) is 0 Å². The van der Waals surface area contributed by atoms with Crippen LogP contribution in [0.5, 0.6) is 0 Å². The van der Waals surface area contributed by atoms with Crippen molar-refractivity contribution in [1.82, 2.24) is 0 Å². The van der Waals surface area contributed by atoms with E-state index in [0.717, 1.165) is 12.8 Å². The molecule has 0 amide bonds. The second-order valence-electron chi connectivity index (χ2n) is 4.17. The van der Waals surface area contributed by atoms with Crippen molar-refractivity contribution in [2.75, 3.05) is 7.11 Å². The Labute approximate surface area is 91.5 Å². The molecule has 0 spiro atoms. The summed E-state index contributed by atoms with van der Waals surface area (Å²) in [6.07, 6.45) is 5.47. The van der Waals surface area contributed by atoms with Gasteiger partial charge in [-0.25, -0.2) is 0 Å². The molecule has 0 atom stereocenters. The van der Waals surface area contributed by atoms with Crippen LogP contribution in [0.3, 0.4) is 0 Å². The molecule has 3 heteroatoms. The third kappa shape index (κ3) is 5.35. The van der Waals surface area contributed by atoms with Crippen molar-refractivity contribution in [2.45, 2.75) is 40.0 Å². The number of allylic oxidation sites excluding steroid dienone is 2. The monoisotopic (exact) mass is 212 g/mol. The van der Waals surface area contributed by atoms with Crippen LogP contribution >= 0.6 is 0 Å². The van der Waals surface area contributed by atoms with Gasteiger partial charge in [0.1, 0.15) is 12.2 Å². The molecule has 0 aliphatic carbocycles. The predicted molar refractivity (Wildman–Crippen MR) is 59.5 cm³/mol. The van der Waals surface area contributed by atoms with E-state index >= 15 is 0 Å². The first-order chi connectivity index (χ1) is 6.94. The maximum absolute atomic E-state index is 11.7. The molecular formula is C12H20O3. The normalized spacial score (nSPS) is 11.7. The number of hydrogen-bond acceptors (Lipinski definition) is 3. The van der Waals surface area contributed by atoms with E-state index in [1.54, 1.807) is 0 Å². The minimum absolute atomic E-state index is 0.0566. The number of hydrogen-bond donors (Lipinski definition) is 0. The highest BCUT2D eigenvalue weighted by atomic mass is 16.5. The van der Waals surface area contributed by atoms with Crippen LogP contribution in [-0.2, 0) is 14.3 Å². The second-order valence-corrected chi connectivity index (χ2v) is 4.17. The van der Waals surface area contributed by atoms with E-state index < -0.39 is 11.4 Å². The first kappa shape index (κ1) is 13.9. The lowest BCUT2D eigenvalue weighted by Crippen LogP contribution is -2.26. The first-order valence-electron chi connectivity index (χ1n) is 5.15. The minimum atomic E-state index is -0.459. The van der Waals surface area contributed by atoms with E-state index in [0.29, 0.717) is 0 Å². The highest BCUT2D eigenvalue weighted by Crippen LogP contribution is 2.25. The van der Waals surface area contributed by atoms with Gasteiger partial charge in [0.25, 0.3) is 0 Å². The fourth-order valence-corrected chi connectivity index (χ4v) is 1.19. The number of methoxy groups -OCH3 is 1. The molecule has 0 aromatic rings. The Morgan fingerprint density at radius 2 is 1.93 bits per heavy atom. The zero-order valence-electron chi connectivity index (χ0n) is 10.0. The van der Waals surface area contributed by atoms with Gasteiger partial charge in [0.2, 0.25) is 0 Å². The number of esters is 1. The van der Waals surface area contributed by atoms with Gasteiger partial charge in [-0.2, -0.15) is 0 Å². The second kappa shape index (κ2) is 6.38. The summed E-state index contributed by atoms with van der Waals surface area (Å²) in [7, 11) is 1.29. The third-order valence-corrected chi connectivity index (χ3v) is 2.46. The molecule has 0 saturated carbocycles. The summed E-state index contributed by atoms with van der Waals surface area (Å²) in [6.45, 7) is 5.67. The molecule has 0 saturated heterocycles. The highest BCUT2D eigenvalue weighted by molar-refractivity contribution is 5.98. The largest absolute Gasteiger partial charge is 0.469 e. The fourth-order valence-electron chi connectivity index (χ4n) is 1.19. The summed E-state index contributed by atoms with van der Waals surface area (Å²) < 4.78 is 4.47. The molecule has 0 radical (unpaired) electrons. The third-order valence-electron chi connectivity index (χ3n) is 2.46. The van der Waals surface area contributed by atoms with Crippen molar-refractivity contribution in [1.29, 1.82) is 0 Å². The number of rotatable bonds is 6. The van der Waals surface area contributed by atoms with Crippen LogP contribution < -0.4 is 0 Å². The van der Waals surface area contributed by atoms with Gasteiger partial charge < -0.3 is 4.74 Å². The number of ether oxygens (including phenoxy) is 1. The topological polar surface area (TPSA) is 43.4 Å². The Kier molecular flexibility index (Phi) is 5.90. The standard InChI is InChI=1S/C12H20O3/c1-5-6-7-8-12(2,3)10(13)9-11(14)15-4/h5-6H,7-9H2,1-4H3/b6-5+. The summed E-state index contributed by atoms with van der Waals surface area (Å²) in [5, 5.41) is 0. The molecule has 86 valence electrons. The molecule has 0 rings (SSSR count). The van der Waals surface area contributed by atoms with Gasteiger partial charge in [0.15, 0.2) is 0 Å². The van der Waals surface area contributed by atoms with E-state index in [2.05, 4.69) is 4.74 Å². The van der Waals surface area contributed by atoms with Gasteiger partial charge in [-0.1, -0.05) is 26.0 Å². The summed E-state index contributed by atoms with van der Waals surface area (Å²) in [5.74, 6) is -0.516. The molecular weight excluding hydrogens is 192 g/mol. The average Bonchev–Trinajstić information content (AvgIpc) is 2.17. The van der Waals surface area contributed by atoms with Crippen molar-refractivity contribution >= 4 is 11.8 Å². The van der Waals surface area contributed by atoms with Gasteiger partial charge >= 0.3 is 5.97 Å². The lowest BCUT2D eigenvalue weighted by molar-refractivity contribution is -0.145. The van der Waals surface area contributed by atoms with Gasteiger partial charge in [0.05, 0.1) is 7.11 Å². The number of ketones is 1. The summed E-state index contributed by atoms with van der Waals surface area (Å²) >= 11 is 0. The highest BCUT2D eigenvalue weighted by Gasteiger charge is 2.28. The van der Waals surface area contributed by atoms with Crippen LogP contribution in [0.1, 0.15) is 40.0 Å². The van der Waals surface area contributed by atoms with E-state index in [1.165, 1.54) is 7.11 Å². The fraction of sp³-hybridized carbons (Fsp3) is 0.667. The minimum Gasteiger partial charge on any atom is -0.469 e. The Hall–Kier alpha value is -1.12. The lowest BCUT2D eigenvalue weighted by Gasteiger charge is -2.21. The van der Waals surface area contributed by atoms with Crippen LogP contribution in [0.4, 0.5) is 0 Å². The molecule has 0 aromatic carbocycles. The van der Waals surface area contributed by atoms with Gasteiger partial charge in [-0.3, -0.25) is 9.59 Å². The molecule has 0 aliphatic rings. The molecule has 0 bridgehead atoms. The molecule has 0 heterocycles. The first-order valence-corrected chi connectivity index (χ1v) is 5.15. The van der Waals surface area contributed by atoms with Crippen molar-refractivity contribution < 1.29 is 14.3 Å². The molecule has 0 fully saturated rings. The van der Waals surface area contributed by atoms with Gasteiger partial charge in [0, 0.05) is 5.41 Å².